The van der Waals surface area contributed by atoms with Gasteiger partial charge in [-0.1, -0.05) is 10.7 Å². The van der Waals surface area contributed by atoms with Gasteiger partial charge < -0.3 is 5.21 Å². The number of hydrogen-bond acceptors (Lipinski definition) is 3. The molecule has 2 nitrogen and oxygen atoms in total. The van der Waals surface area contributed by atoms with Crippen molar-refractivity contribution in [2.45, 2.75) is 33.1 Å². The third-order valence-electron chi connectivity index (χ3n) is 3.05. The van der Waals surface area contributed by atoms with Crippen LogP contribution in [0.25, 0.3) is 0 Å². The maximum absolute atomic E-state index is 8.96. The maximum atomic E-state index is 8.96. The van der Waals surface area contributed by atoms with E-state index in [0.29, 0.717) is 0 Å². The normalized spacial score (nSPS) is 25.7. The van der Waals surface area contributed by atoms with Crippen LogP contribution in [0.3, 0.4) is 0 Å². The molecular weight excluding hydrogens is 194 g/mol. The topological polar surface area (TPSA) is 32.6 Å². The quantitative estimate of drug-likeness (QED) is 0.490. The molecule has 0 fully saturated rings. The Kier molecular flexibility index (Phi) is 2.68. The zero-order valence-electron chi connectivity index (χ0n) is 8.63. The molecule has 1 aliphatic carbocycles. The molecule has 14 heavy (non-hydrogen) atoms. The van der Waals surface area contributed by atoms with E-state index in [9.17, 15) is 0 Å². The fourth-order valence-corrected chi connectivity index (χ4v) is 3.26. The molecule has 0 unspecified atom stereocenters. The Morgan fingerprint density at radius 2 is 2.00 bits per heavy atom. The summed E-state index contributed by atoms with van der Waals surface area (Å²) in [6, 6.07) is 0. The van der Waals surface area contributed by atoms with Crippen molar-refractivity contribution in [3.63, 3.8) is 0 Å². The van der Waals surface area contributed by atoms with Crippen LogP contribution in [0.15, 0.2) is 26.8 Å². The molecule has 2 aliphatic rings. The second-order valence-corrected chi connectivity index (χ2v) is 5.04. The maximum Gasteiger partial charge on any atom is 0.0886 e. The van der Waals surface area contributed by atoms with Crippen LogP contribution in [0.5, 0.6) is 0 Å². The first-order valence-corrected chi connectivity index (χ1v) is 5.96. The average Bonchev–Trinajstić information content (AvgIpc) is 2.23. The van der Waals surface area contributed by atoms with Gasteiger partial charge in [-0.3, -0.25) is 0 Å². The molecule has 0 amide bonds. The first-order valence-electron chi connectivity index (χ1n) is 4.98. The summed E-state index contributed by atoms with van der Waals surface area (Å²) in [7, 11) is 0. The summed E-state index contributed by atoms with van der Waals surface area (Å²) in [6.07, 6.45) is 3.18. The minimum atomic E-state index is 0.885. The molecule has 0 radical (unpaired) electrons. The molecule has 0 bridgehead atoms. The minimum absolute atomic E-state index is 0.885. The van der Waals surface area contributed by atoms with Crippen LogP contribution in [0.2, 0.25) is 0 Å². The largest absolute Gasteiger partial charge is 0.411 e. The molecule has 1 N–H and O–H groups in total. The van der Waals surface area contributed by atoms with Crippen LogP contribution in [-0.4, -0.2) is 16.7 Å². The summed E-state index contributed by atoms with van der Waals surface area (Å²) in [6.45, 7) is 4.31. The molecule has 0 aromatic rings. The van der Waals surface area contributed by atoms with Gasteiger partial charge in [-0.2, -0.15) is 0 Å². The molecule has 76 valence electrons. The van der Waals surface area contributed by atoms with E-state index >= 15 is 0 Å². The molecule has 0 aromatic carbocycles. The second-order valence-electron chi connectivity index (χ2n) is 3.85. The summed E-state index contributed by atoms with van der Waals surface area (Å²) < 4.78 is 0. The van der Waals surface area contributed by atoms with Crippen molar-refractivity contribution >= 4 is 17.5 Å². The number of nitrogens with zero attached hydrogens (tertiary/aromatic N) is 1. The number of hydrogen-bond donors (Lipinski definition) is 1. The number of allylic oxidation sites excluding steroid dienone is 4. The first kappa shape index (κ1) is 9.84. The van der Waals surface area contributed by atoms with Gasteiger partial charge in [-0.15, -0.1) is 11.8 Å². The van der Waals surface area contributed by atoms with E-state index in [1.54, 1.807) is 0 Å². The second kappa shape index (κ2) is 3.81. The smallest absolute Gasteiger partial charge is 0.0886 e. The summed E-state index contributed by atoms with van der Waals surface area (Å²) >= 11 is 1.93. The third kappa shape index (κ3) is 1.50. The summed E-state index contributed by atoms with van der Waals surface area (Å²) in [5.74, 6) is 1.06. The predicted octanol–water partition coefficient (Wildman–Crippen LogP) is 3.34. The van der Waals surface area contributed by atoms with E-state index in [0.717, 1.165) is 30.7 Å². The van der Waals surface area contributed by atoms with Gasteiger partial charge in [0.15, 0.2) is 0 Å². The zero-order valence-corrected chi connectivity index (χ0v) is 9.45. The van der Waals surface area contributed by atoms with E-state index in [2.05, 4.69) is 19.0 Å². The molecule has 0 atom stereocenters. The van der Waals surface area contributed by atoms with E-state index in [4.69, 9.17) is 5.21 Å². The summed E-state index contributed by atoms with van der Waals surface area (Å²) in [4.78, 5) is 1.42. The van der Waals surface area contributed by atoms with Crippen LogP contribution < -0.4 is 0 Å². The highest BCUT2D eigenvalue weighted by molar-refractivity contribution is 8.03. The van der Waals surface area contributed by atoms with Crippen molar-refractivity contribution in [3.8, 4) is 0 Å². The Balaban J connectivity index is 2.49. The van der Waals surface area contributed by atoms with Gasteiger partial charge in [0.2, 0.25) is 0 Å². The highest BCUT2D eigenvalue weighted by Gasteiger charge is 2.24. The van der Waals surface area contributed by atoms with Crippen molar-refractivity contribution in [1.82, 2.24) is 0 Å². The van der Waals surface area contributed by atoms with Crippen molar-refractivity contribution in [3.05, 3.63) is 21.6 Å². The third-order valence-corrected chi connectivity index (χ3v) is 4.21. The van der Waals surface area contributed by atoms with Crippen LogP contribution in [0.1, 0.15) is 33.1 Å². The van der Waals surface area contributed by atoms with Crippen LogP contribution in [0.4, 0.5) is 0 Å². The van der Waals surface area contributed by atoms with Crippen LogP contribution in [-0.2, 0) is 0 Å². The Hall–Kier alpha value is -0.700. The van der Waals surface area contributed by atoms with Gasteiger partial charge in [-0.05, 0) is 37.2 Å². The van der Waals surface area contributed by atoms with Gasteiger partial charge in [0, 0.05) is 17.7 Å². The van der Waals surface area contributed by atoms with Gasteiger partial charge in [0.25, 0.3) is 0 Å². The van der Waals surface area contributed by atoms with E-state index in [-0.39, 0.29) is 0 Å². The molecule has 3 heteroatoms. The van der Waals surface area contributed by atoms with E-state index in [1.165, 1.54) is 21.6 Å². The van der Waals surface area contributed by atoms with Crippen molar-refractivity contribution in [2.24, 2.45) is 5.16 Å². The molecule has 1 heterocycles. The van der Waals surface area contributed by atoms with Crippen LogP contribution in [0, 0.1) is 0 Å². The lowest BCUT2D eigenvalue weighted by Gasteiger charge is -2.26. The Morgan fingerprint density at radius 3 is 2.71 bits per heavy atom. The van der Waals surface area contributed by atoms with Crippen molar-refractivity contribution in [1.29, 1.82) is 0 Å². The standard InChI is InChI=1S/C11H15NOS/c1-7-3-4-10-11(8(7)2)9(12-13)5-6-14-10/h13H,3-6H2,1-2H3. The average molecular weight is 209 g/mol. The fourth-order valence-electron chi connectivity index (χ4n) is 2.05. The summed E-state index contributed by atoms with van der Waals surface area (Å²) in [5, 5.41) is 12.4. The fraction of sp³-hybridized carbons (Fsp3) is 0.545. The molecule has 0 saturated carbocycles. The molecule has 0 saturated heterocycles. The van der Waals surface area contributed by atoms with Crippen LogP contribution >= 0.6 is 11.8 Å². The molecule has 1 aliphatic heterocycles. The molecular formula is C11H15NOS. The SMILES string of the molecule is CC1=C(C)C2=C(CC1)SCCC2=NO. The molecule has 2 rings (SSSR count). The Bertz CT molecular complexity index is 352. The Morgan fingerprint density at radius 1 is 1.21 bits per heavy atom. The first-order chi connectivity index (χ1) is 6.74. The predicted molar refractivity (Wildman–Crippen MR) is 60.9 cm³/mol. The molecule has 0 spiro atoms. The Labute approximate surface area is 88.8 Å². The number of rotatable bonds is 0. The lowest BCUT2D eigenvalue weighted by atomic mass is 9.89. The van der Waals surface area contributed by atoms with Gasteiger partial charge in [0.05, 0.1) is 5.71 Å². The highest BCUT2D eigenvalue weighted by atomic mass is 32.2. The lowest BCUT2D eigenvalue weighted by Crippen LogP contribution is -2.16. The minimum Gasteiger partial charge on any atom is -0.411 e. The lowest BCUT2D eigenvalue weighted by molar-refractivity contribution is 0.318. The zero-order chi connectivity index (χ0) is 10.1. The van der Waals surface area contributed by atoms with E-state index in [1.807, 2.05) is 11.8 Å². The van der Waals surface area contributed by atoms with Crippen molar-refractivity contribution in [2.75, 3.05) is 5.75 Å². The number of oxime groups is 1. The highest BCUT2D eigenvalue weighted by Crippen LogP contribution is 2.40. The van der Waals surface area contributed by atoms with Gasteiger partial charge in [-0.25, -0.2) is 0 Å². The van der Waals surface area contributed by atoms with Gasteiger partial charge >= 0.3 is 0 Å². The molecule has 0 aromatic heterocycles. The van der Waals surface area contributed by atoms with E-state index < -0.39 is 0 Å². The monoisotopic (exact) mass is 209 g/mol. The van der Waals surface area contributed by atoms with Gasteiger partial charge in [0.1, 0.15) is 0 Å². The van der Waals surface area contributed by atoms with Crippen molar-refractivity contribution < 1.29 is 5.21 Å². The summed E-state index contributed by atoms with van der Waals surface area (Å²) in [5.41, 5.74) is 4.88. The number of thioether (sulfide) groups is 1.